The lowest BCUT2D eigenvalue weighted by Gasteiger charge is -2.27. The molecule has 0 N–H and O–H groups in total. The number of rotatable bonds is 2. The summed E-state index contributed by atoms with van der Waals surface area (Å²) in [5.74, 6) is 1.71. The van der Waals surface area contributed by atoms with Crippen molar-refractivity contribution in [3.63, 3.8) is 0 Å². The van der Waals surface area contributed by atoms with E-state index in [9.17, 15) is 0 Å². The lowest BCUT2D eigenvalue weighted by molar-refractivity contribution is 0.0500. The van der Waals surface area contributed by atoms with Crippen molar-refractivity contribution in [2.45, 2.75) is 19.3 Å². The van der Waals surface area contributed by atoms with Gasteiger partial charge in [-0.1, -0.05) is 0 Å². The number of ether oxygens (including phenoxy) is 1. The van der Waals surface area contributed by atoms with Gasteiger partial charge in [0.25, 0.3) is 0 Å². The van der Waals surface area contributed by atoms with Crippen LogP contribution in [0.5, 0.6) is 0 Å². The van der Waals surface area contributed by atoms with Crippen LogP contribution in [0.1, 0.15) is 19.3 Å². The number of halogens is 1. The van der Waals surface area contributed by atoms with Crippen molar-refractivity contribution in [1.82, 2.24) is 4.98 Å². The first kappa shape index (κ1) is 12.4. The van der Waals surface area contributed by atoms with Crippen molar-refractivity contribution in [2.24, 2.45) is 11.8 Å². The molecule has 0 spiro atoms. The van der Waals surface area contributed by atoms with Gasteiger partial charge in [-0.15, -0.1) is 0 Å². The van der Waals surface area contributed by atoms with Crippen LogP contribution in [0.15, 0.2) is 22.9 Å². The summed E-state index contributed by atoms with van der Waals surface area (Å²) in [4.78, 5) is 6.73. The Labute approximate surface area is 117 Å². The molecule has 3 heterocycles. The van der Waals surface area contributed by atoms with Crippen molar-refractivity contribution in [2.75, 3.05) is 31.2 Å². The van der Waals surface area contributed by atoms with E-state index in [1.807, 2.05) is 12.4 Å². The van der Waals surface area contributed by atoms with E-state index < -0.39 is 0 Å². The minimum atomic E-state index is 0.841. The van der Waals surface area contributed by atoms with E-state index in [-0.39, 0.29) is 0 Å². The molecule has 0 unspecified atom stereocenters. The summed E-state index contributed by atoms with van der Waals surface area (Å²) in [6.07, 6.45) is 7.62. The molecule has 0 aliphatic carbocycles. The number of anilines is 1. The summed E-state index contributed by atoms with van der Waals surface area (Å²) >= 11 is 3.50. The Bertz CT molecular complexity index is 407. The minimum absolute atomic E-state index is 0.841. The van der Waals surface area contributed by atoms with E-state index in [2.05, 4.69) is 31.9 Å². The normalized spacial score (nSPS) is 25.6. The van der Waals surface area contributed by atoms with Gasteiger partial charge in [-0.05, 0) is 53.1 Å². The minimum Gasteiger partial charge on any atom is -0.381 e. The van der Waals surface area contributed by atoms with Crippen LogP contribution in [-0.2, 0) is 4.74 Å². The standard InChI is InChI=1S/C14H19BrN2O/c15-13-7-14(9-16-8-13)17-4-1-12(10-17)11-2-5-18-6-3-11/h7-9,11-12H,1-6,10H2/t12-/m0/s1. The maximum Gasteiger partial charge on any atom is 0.0564 e. The van der Waals surface area contributed by atoms with E-state index >= 15 is 0 Å². The largest absolute Gasteiger partial charge is 0.381 e. The van der Waals surface area contributed by atoms with Crippen LogP contribution in [0.2, 0.25) is 0 Å². The summed E-state index contributed by atoms with van der Waals surface area (Å²) in [5, 5.41) is 0. The highest BCUT2D eigenvalue weighted by Gasteiger charge is 2.30. The van der Waals surface area contributed by atoms with Gasteiger partial charge in [-0.25, -0.2) is 0 Å². The van der Waals surface area contributed by atoms with E-state index in [0.29, 0.717) is 0 Å². The predicted molar refractivity (Wildman–Crippen MR) is 75.8 cm³/mol. The van der Waals surface area contributed by atoms with Gasteiger partial charge >= 0.3 is 0 Å². The Morgan fingerprint density at radius 2 is 2.00 bits per heavy atom. The molecule has 2 aliphatic heterocycles. The Hall–Kier alpha value is -0.610. The fraction of sp³-hybridized carbons (Fsp3) is 0.643. The number of hydrogen-bond acceptors (Lipinski definition) is 3. The molecule has 98 valence electrons. The monoisotopic (exact) mass is 310 g/mol. The first-order chi connectivity index (χ1) is 8.83. The molecule has 1 aromatic heterocycles. The first-order valence-corrected chi connectivity index (χ1v) is 7.55. The van der Waals surface area contributed by atoms with Crippen molar-refractivity contribution >= 4 is 21.6 Å². The molecule has 2 saturated heterocycles. The van der Waals surface area contributed by atoms with Gasteiger partial charge in [0.1, 0.15) is 0 Å². The Kier molecular flexibility index (Phi) is 3.85. The second-order valence-electron chi connectivity index (χ2n) is 5.31. The highest BCUT2D eigenvalue weighted by atomic mass is 79.9. The third kappa shape index (κ3) is 2.69. The maximum atomic E-state index is 5.46. The molecule has 0 saturated carbocycles. The molecular formula is C14H19BrN2O. The third-order valence-corrected chi connectivity index (χ3v) is 4.65. The van der Waals surface area contributed by atoms with Crippen molar-refractivity contribution in [1.29, 1.82) is 0 Å². The first-order valence-electron chi connectivity index (χ1n) is 6.76. The highest BCUT2D eigenvalue weighted by Crippen LogP contribution is 2.33. The molecule has 2 aliphatic rings. The zero-order valence-electron chi connectivity index (χ0n) is 10.5. The zero-order chi connectivity index (χ0) is 12.4. The second kappa shape index (κ2) is 5.57. The molecule has 0 bridgehead atoms. The molecule has 0 amide bonds. The molecule has 1 atom stereocenters. The molecule has 1 aromatic rings. The van der Waals surface area contributed by atoms with Crippen molar-refractivity contribution in [3.8, 4) is 0 Å². The topological polar surface area (TPSA) is 25.4 Å². The van der Waals surface area contributed by atoms with Crippen molar-refractivity contribution < 1.29 is 4.74 Å². The molecule has 0 aromatic carbocycles. The zero-order valence-corrected chi connectivity index (χ0v) is 12.1. The van der Waals surface area contributed by atoms with Crippen LogP contribution in [0.3, 0.4) is 0 Å². The number of aromatic nitrogens is 1. The lowest BCUT2D eigenvalue weighted by Crippen LogP contribution is -2.26. The molecule has 18 heavy (non-hydrogen) atoms. The van der Waals surface area contributed by atoms with Crippen LogP contribution >= 0.6 is 15.9 Å². The maximum absolute atomic E-state index is 5.46. The molecular weight excluding hydrogens is 292 g/mol. The molecule has 2 fully saturated rings. The second-order valence-corrected chi connectivity index (χ2v) is 6.22. The number of hydrogen-bond donors (Lipinski definition) is 0. The average molecular weight is 311 g/mol. The lowest BCUT2D eigenvalue weighted by atomic mass is 9.85. The van der Waals surface area contributed by atoms with Crippen LogP contribution < -0.4 is 4.90 Å². The third-order valence-electron chi connectivity index (χ3n) is 4.21. The fourth-order valence-corrected chi connectivity index (χ4v) is 3.52. The molecule has 4 heteroatoms. The SMILES string of the molecule is Brc1cncc(N2CC[C@H](C3CCOCC3)C2)c1. The van der Waals surface area contributed by atoms with Crippen LogP contribution in [0.25, 0.3) is 0 Å². The highest BCUT2D eigenvalue weighted by molar-refractivity contribution is 9.10. The van der Waals surface area contributed by atoms with Crippen LogP contribution in [0.4, 0.5) is 5.69 Å². The summed E-state index contributed by atoms with van der Waals surface area (Å²) in [6, 6.07) is 2.17. The Morgan fingerprint density at radius 3 is 2.78 bits per heavy atom. The van der Waals surface area contributed by atoms with Gasteiger partial charge in [0.2, 0.25) is 0 Å². The van der Waals surface area contributed by atoms with E-state index in [4.69, 9.17) is 4.74 Å². The fourth-order valence-electron chi connectivity index (χ4n) is 3.17. The molecule has 0 radical (unpaired) electrons. The van der Waals surface area contributed by atoms with Crippen molar-refractivity contribution in [3.05, 3.63) is 22.9 Å². The van der Waals surface area contributed by atoms with Gasteiger partial charge in [-0.3, -0.25) is 4.98 Å². The summed E-state index contributed by atoms with van der Waals surface area (Å²) in [7, 11) is 0. The number of pyridine rings is 1. The Morgan fingerprint density at radius 1 is 1.17 bits per heavy atom. The molecule has 3 nitrogen and oxygen atoms in total. The van der Waals surface area contributed by atoms with Crippen LogP contribution in [0, 0.1) is 11.8 Å². The van der Waals surface area contributed by atoms with Gasteiger partial charge < -0.3 is 9.64 Å². The van der Waals surface area contributed by atoms with E-state index in [0.717, 1.165) is 29.5 Å². The summed E-state index contributed by atoms with van der Waals surface area (Å²) < 4.78 is 6.52. The summed E-state index contributed by atoms with van der Waals surface area (Å²) in [6.45, 7) is 4.27. The van der Waals surface area contributed by atoms with Gasteiger partial charge in [0.15, 0.2) is 0 Å². The summed E-state index contributed by atoms with van der Waals surface area (Å²) in [5.41, 5.74) is 1.25. The van der Waals surface area contributed by atoms with Gasteiger partial charge in [0, 0.05) is 37.0 Å². The van der Waals surface area contributed by atoms with Gasteiger partial charge in [-0.2, -0.15) is 0 Å². The smallest absolute Gasteiger partial charge is 0.0564 e. The van der Waals surface area contributed by atoms with Gasteiger partial charge in [0.05, 0.1) is 11.9 Å². The number of nitrogens with zero attached hydrogens (tertiary/aromatic N) is 2. The predicted octanol–water partition coefficient (Wildman–Crippen LogP) is 3.10. The van der Waals surface area contributed by atoms with E-state index in [1.165, 1.54) is 38.0 Å². The quantitative estimate of drug-likeness (QED) is 0.839. The molecule has 3 rings (SSSR count). The average Bonchev–Trinajstić information content (AvgIpc) is 2.89. The van der Waals surface area contributed by atoms with Crippen LogP contribution in [-0.4, -0.2) is 31.3 Å². The Balaban J connectivity index is 1.64. The van der Waals surface area contributed by atoms with E-state index in [1.54, 1.807) is 0 Å².